The van der Waals surface area contributed by atoms with E-state index in [0.717, 1.165) is 0 Å². The Hall–Kier alpha value is -1.65. The van der Waals surface area contributed by atoms with E-state index in [1.807, 2.05) is 0 Å². The predicted molar refractivity (Wildman–Crippen MR) is 68.3 cm³/mol. The van der Waals surface area contributed by atoms with Gasteiger partial charge in [0.15, 0.2) is 11.6 Å². The number of nitrogens with zero attached hydrogens (tertiary/aromatic N) is 1. The van der Waals surface area contributed by atoms with Gasteiger partial charge in [0.1, 0.15) is 0 Å². The Morgan fingerprint density at radius 2 is 2.11 bits per heavy atom. The van der Waals surface area contributed by atoms with E-state index in [9.17, 15) is 4.39 Å². The summed E-state index contributed by atoms with van der Waals surface area (Å²) in [5.41, 5.74) is 6.50. The third-order valence-corrected chi connectivity index (χ3v) is 2.71. The average Bonchev–Trinajstić information content (AvgIpc) is 2.35. The molecule has 1 heterocycles. The molecule has 0 saturated heterocycles. The highest BCUT2D eigenvalue weighted by molar-refractivity contribution is 6.30. The summed E-state index contributed by atoms with van der Waals surface area (Å²) in [6.07, 6.45) is 1.56. The molecule has 0 aliphatic heterocycles. The van der Waals surface area contributed by atoms with Crippen LogP contribution in [0.4, 0.5) is 4.39 Å². The van der Waals surface area contributed by atoms with Gasteiger partial charge in [-0.1, -0.05) is 23.7 Å². The lowest BCUT2D eigenvalue weighted by molar-refractivity contribution is 0.420. The molecular formula is C13H12ClFN2O. The van der Waals surface area contributed by atoms with Crippen LogP contribution in [0, 0.1) is 5.82 Å². The number of pyridine rings is 1. The van der Waals surface area contributed by atoms with E-state index in [1.54, 1.807) is 31.3 Å². The first kappa shape index (κ1) is 12.8. The first-order valence-electron chi connectivity index (χ1n) is 5.42. The molecule has 2 N–H and O–H groups in total. The topological polar surface area (TPSA) is 48.1 Å². The van der Waals surface area contributed by atoms with Crippen molar-refractivity contribution in [2.45, 2.75) is 13.0 Å². The van der Waals surface area contributed by atoms with Crippen LogP contribution in [0.3, 0.4) is 0 Å². The Morgan fingerprint density at radius 3 is 2.83 bits per heavy atom. The quantitative estimate of drug-likeness (QED) is 0.922. The van der Waals surface area contributed by atoms with Gasteiger partial charge in [0, 0.05) is 17.8 Å². The fraction of sp³-hybridized carbons (Fsp3) is 0.154. The van der Waals surface area contributed by atoms with Crippen LogP contribution < -0.4 is 10.5 Å². The van der Waals surface area contributed by atoms with E-state index in [4.69, 9.17) is 22.1 Å². The van der Waals surface area contributed by atoms with Gasteiger partial charge in [0.25, 0.3) is 0 Å². The van der Waals surface area contributed by atoms with E-state index in [1.165, 1.54) is 12.1 Å². The van der Waals surface area contributed by atoms with E-state index in [-0.39, 0.29) is 22.7 Å². The van der Waals surface area contributed by atoms with Crippen molar-refractivity contribution in [1.82, 2.24) is 4.98 Å². The maximum atomic E-state index is 13.7. The average molecular weight is 267 g/mol. The summed E-state index contributed by atoms with van der Waals surface area (Å²) < 4.78 is 19.1. The van der Waals surface area contributed by atoms with Crippen molar-refractivity contribution in [1.29, 1.82) is 0 Å². The van der Waals surface area contributed by atoms with Crippen molar-refractivity contribution in [3.63, 3.8) is 0 Å². The third-order valence-electron chi connectivity index (χ3n) is 2.41. The zero-order valence-corrected chi connectivity index (χ0v) is 10.5. The van der Waals surface area contributed by atoms with Gasteiger partial charge in [0.2, 0.25) is 5.88 Å². The molecule has 1 aromatic carbocycles. The monoisotopic (exact) mass is 266 g/mol. The van der Waals surface area contributed by atoms with Gasteiger partial charge in [-0.2, -0.15) is 0 Å². The van der Waals surface area contributed by atoms with Crippen molar-refractivity contribution < 1.29 is 9.13 Å². The predicted octanol–water partition coefficient (Wildman–Crippen LogP) is 3.69. The number of aromatic nitrogens is 1. The molecule has 3 nitrogen and oxygen atoms in total. The highest BCUT2D eigenvalue weighted by Gasteiger charge is 2.13. The van der Waals surface area contributed by atoms with Crippen molar-refractivity contribution in [2.75, 3.05) is 0 Å². The first-order valence-corrected chi connectivity index (χ1v) is 5.79. The Kier molecular flexibility index (Phi) is 3.79. The summed E-state index contributed by atoms with van der Waals surface area (Å²) in [5, 5.41) is 0.00535. The van der Waals surface area contributed by atoms with Crippen LogP contribution in [0.5, 0.6) is 11.6 Å². The summed E-state index contributed by atoms with van der Waals surface area (Å²) in [6, 6.07) is 7.83. The number of hydrogen-bond donors (Lipinski definition) is 1. The molecule has 0 amide bonds. The van der Waals surface area contributed by atoms with Crippen LogP contribution >= 0.6 is 11.6 Å². The Labute approximate surface area is 109 Å². The number of nitrogens with two attached hydrogens (primary N) is 1. The SMILES string of the molecule is C[C@@H](N)c1cccnc1Oc1cccc(Cl)c1F. The lowest BCUT2D eigenvalue weighted by Crippen LogP contribution is -2.07. The largest absolute Gasteiger partial charge is 0.436 e. The highest BCUT2D eigenvalue weighted by Crippen LogP contribution is 2.30. The van der Waals surface area contributed by atoms with Gasteiger partial charge >= 0.3 is 0 Å². The van der Waals surface area contributed by atoms with Crippen molar-refractivity contribution in [2.24, 2.45) is 5.73 Å². The lowest BCUT2D eigenvalue weighted by Gasteiger charge is -2.12. The van der Waals surface area contributed by atoms with Crippen LogP contribution in [0.2, 0.25) is 5.02 Å². The maximum absolute atomic E-state index is 13.7. The standard InChI is InChI=1S/C13H12ClFN2O/c1-8(16)9-4-3-7-17-13(9)18-11-6-2-5-10(14)12(11)15/h2-8H,16H2,1H3/t8-/m1/s1. The van der Waals surface area contributed by atoms with Crippen LogP contribution in [0.1, 0.15) is 18.5 Å². The summed E-state index contributed by atoms with van der Waals surface area (Å²) in [5.74, 6) is -0.294. The molecule has 0 saturated carbocycles. The van der Waals surface area contributed by atoms with Crippen LogP contribution in [-0.2, 0) is 0 Å². The number of benzene rings is 1. The summed E-state index contributed by atoms with van der Waals surface area (Å²) in [4.78, 5) is 4.05. The number of halogens is 2. The summed E-state index contributed by atoms with van der Waals surface area (Å²) in [7, 11) is 0. The second-order valence-electron chi connectivity index (χ2n) is 3.84. The van der Waals surface area contributed by atoms with Crippen LogP contribution in [0.25, 0.3) is 0 Å². The second kappa shape index (κ2) is 5.33. The fourth-order valence-electron chi connectivity index (χ4n) is 1.50. The molecule has 1 aromatic heterocycles. The molecule has 0 bridgehead atoms. The zero-order valence-electron chi connectivity index (χ0n) is 9.73. The zero-order chi connectivity index (χ0) is 13.1. The van der Waals surface area contributed by atoms with E-state index < -0.39 is 5.82 Å². The molecule has 0 aliphatic carbocycles. The molecule has 0 fully saturated rings. The first-order chi connectivity index (χ1) is 8.59. The minimum absolute atomic E-state index is 0.00535. The van der Waals surface area contributed by atoms with Gasteiger partial charge in [-0.25, -0.2) is 9.37 Å². The van der Waals surface area contributed by atoms with Gasteiger partial charge in [0.05, 0.1) is 5.02 Å². The van der Waals surface area contributed by atoms with Crippen molar-refractivity contribution in [3.8, 4) is 11.6 Å². The molecule has 94 valence electrons. The minimum Gasteiger partial charge on any atom is -0.436 e. The lowest BCUT2D eigenvalue weighted by atomic mass is 10.1. The van der Waals surface area contributed by atoms with Crippen molar-refractivity contribution in [3.05, 3.63) is 52.9 Å². The number of rotatable bonds is 3. The molecule has 18 heavy (non-hydrogen) atoms. The molecular weight excluding hydrogens is 255 g/mol. The third kappa shape index (κ3) is 2.60. The molecule has 0 spiro atoms. The molecule has 0 radical (unpaired) electrons. The van der Waals surface area contributed by atoms with E-state index >= 15 is 0 Å². The van der Waals surface area contributed by atoms with Gasteiger partial charge in [-0.3, -0.25) is 0 Å². The minimum atomic E-state index is -0.611. The Balaban J connectivity index is 2.37. The van der Waals surface area contributed by atoms with Crippen molar-refractivity contribution >= 4 is 11.6 Å². The van der Waals surface area contributed by atoms with Crippen LogP contribution in [-0.4, -0.2) is 4.98 Å². The second-order valence-corrected chi connectivity index (χ2v) is 4.25. The van der Waals surface area contributed by atoms with E-state index in [2.05, 4.69) is 4.98 Å². The summed E-state index contributed by atoms with van der Waals surface area (Å²) in [6.45, 7) is 1.80. The fourth-order valence-corrected chi connectivity index (χ4v) is 1.67. The molecule has 2 rings (SSSR count). The summed E-state index contributed by atoms with van der Waals surface area (Å²) >= 11 is 5.68. The maximum Gasteiger partial charge on any atom is 0.224 e. The molecule has 1 atom stereocenters. The molecule has 2 aromatic rings. The Bertz CT molecular complexity index is 560. The normalized spacial score (nSPS) is 12.2. The Morgan fingerprint density at radius 1 is 1.33 bits per heavy atom. The number of hydrogen-bond acceptors (Lipinski definition) is 3. The smallest absolute Gasteiger partial charge is 0.224 e. The molecule has 0 aliphatic rings. The van der Waals surface area contributed by atoms with Crippen LogP contribution in [0.15, 0.2) is 36.5 Å². The number of ether oxygens (including phenoxy) is 1. The van der Waals surface area contributed by atoms with Gasteiger partial charge in [-0.15, -0.1) is 0 Å². The van der Waals surface area contributed by atoms with E-state index in [0.29, 0.717) is 5.56 Å². The van der Waals surface area contributed by atoms with Gasteiger partial charge < -0.3 is 10.5 Å². The molecule has 5 heteroatoms. The highest BCUT2D eigenvalue weighted by atomic mass is 35.5. The molecule has 0 unspecified atom stereocenters. The van der Waals surface area contributed by atoms with Gasteiger partial charge in [-0.05, 0) is 25.1 Å².